The Labute approximate surface area is 148 Å². The van der Waals surface area contributed by atoms with Gasteiger partial charge in [0.2, 0.25) is 0 Å². The van der Waals surface area contributed by atoms with Gasteiger partial charge in [0.25, 0.3) is 5.91 Å². The van der Waals surface area contributed by atoms with Crippen molar-refractivity contribution in [3.63, 3.8) is 0 Å². The average Bonchev–Trinajstić information content (AvgIpc) is 2.59. The zero-order chi connectivity index (χ0) is 18.9. The lowest BCUT2D eigenvalue weighted by Crippen LogP contribution is -2.29. The highest BCUT2D eigenvalue weighted by Gasteiger charge is 2.30. The lowest BCUT2D eigenvalue weighted by atomic mass is 9.98. The summed E-state index contributed by atoms with van der Waals surface area (Å²) in [6.45, 7) is 3.76. The molecule has 6 heteroatoms. The number of fused-ring (bicyclic) bond motifs is 1. The topological polar surface area (TPSA) is 42.0 Å². The van der Waals surface area contributed by atoms with Crippen molar-refractivity contribution >= 4 is 16.7 Å². The van der Waals surface area contributed by atoms with Crippen molar-refractivity contribution in [2.45, 2.75) is 26.1 Å². The molecule has 3 aromatic rings. The zero-order valence-corrected chi connectivity index (χ0v) is 14.3. The van der Waals surface area contributed by atoms with Gasteiger partial charge in [-0.05, 0) is 49.1 Å². The molecule has 1 aromatic heterocycles. The quantitative estimate of drug-likeness (QED) is 0.711. The van der Waals surface area contributed by atoms with Crippen molar-refractivity contribution in [1.82, 2.24) is 10.3 Å². The van der Waals surface area contributed by atoms with Crippen LogP contribution in [-0.4, -0.2) is 16.9 Å². The van der Waals surface area contributed by atoms with E-state index in [1.165, 1.54) is 12.1 Å². The van der Waals surface area contributed by atoms with E-state index in [9.17, 15) is 18.0 Å². The minimum absolute atomic E-state index is 0.0230. The monoisotopic (exact) mass is 358 g/mol. The van der Waals surface area contributed by atoms with Crippen LogP contribution >= 0.6 is 0 Å². The Hall–Kier alpha value is -2.89. The molecular formula is C20H17F3N2O. The molecule has 0 saturated carbocycles. The Morgan fingerprint density at radius 2 is 1.73 bits per heavy atom. The normalized spacial score (nSPS) is 11.8. The summed E-state index contributed by atoms with van der Waals surface area (Å²) in [5, 5.41) is 4.39. The molecule has 0 unspecified atom stereocenters. The van der Waals surface area contributed by atoms with E-state index in [0.29, 0.717) is 16.7 Å². The van der Waals surface area contributed by atoms with E-state index in [2.05, 4.69) is 10.3 Å². The number of aromatic nitrogens is 1. The summed E-state index contributed by atoms with van der Waals surface area (Å²) >= 11 is 0. The van der Waals surface area contributed by atoms with Crippen LogP contribution in [0, 0.1) is 0 Å². The summed E-state index contributed by atoms with van der Waals surface area (Å²) in [6, 6.07) is 10.2. The number of rotatable bonds is 3. The van der Waals surface area contributed by atoms with E-state index < -0.39 is 11.7 Å². The Morgan fingerprint density at radius 3 is 2.35 bits per heavy atom. The summed E-state index contributed by atoms with van der Waals surface area (Å²) in [6.07, 6.45) is -1.12. The van der Waals surface area contributed by atoms with Gasteiger partial charge in [-0.25, -0.2) is 0 Å². The number of benzene rings is 2. The molecular weight excluding hydrogens is 341 g/mol. The fourth-order valence-corrected chi connectivity index (χ4v) is 2.73. The Balaban J connectivity index is 2.01. The minimum atomic E-state index is -4.37. The number of pyridine rings is 1. The standard InChI is InChI=1S/C20H17F3N2O/c1-12(2)25-19(26)14-5-8-17-15(9-14)10-24-11-18(17)13-3-6-16(7-4-13)20(21,22)23/h3-12H,1-2H3,(H,25,26). The predicted molar refractivity (Wildman–Crippen MR) is 94.8 cm³/mol. The number of amides is 1. The van der Waals surface area contributed by atoms with E-state index in [1.807, 2.05) is 13.8 Å². The second kappa shape index (κ2) is 6.78. The number of hydrogen-bond donors (Lipinski definition) is 1. The number of carbonyl (C=O) groups excluding carboxylic acids is 1. The van der Waals surface area contributed by atoms with Crippen molar-refractivity contribution in [1.29, 1.82) is 0 Å². The van der Waals surface area contributed by atoms with Crippen molar-refractivity contribution < 1.29 is 18.0 Å². The molecule has 0 fully saturated rings. The molecule has 0 atom stereocenters. The number of hydrogen-bond acceptors (Lipinski definition) is 2. The summed E-state index contributed by atoms with van der Waals surface area (Å²) in [5.41, 5.74) is 1.17. The molecule has 0 saturated heterocycles. The molecule has 1 amide bonds. The fraction of sp³-hybridized carbons (Fsp3) is 0.200. The van der Waals surface area contributed by atoms with Crippen molar-refractivity contribution in [3.05, 3.63) is 66.0 Å². The molecule has 0 spiro atoms. The highest BCUT2D eigenvalue weighted by Crippen LogP contribution is 2.33. The second-order valence-corrected chi connectivity index (χ2v) is 6.33. The number of alkyl halides is 3. The van der Waals surface area contributed by atoms with Gasteiger partial charge in [0.1, 0.15) is 0 Å². The molecule has 2 aromatic carbocycles. The second-order valence-electron chi connectivity index (χ2n) is 6.33. The summed E-state index contributed by atoms with van der Waals surface area (Å²) < 4.78 is 38.2. The van der Waals surface area contributed by atoms with E-state index in [-0.39, 0.29) is 11.9 Å². The maximum atomic E-state index is 12.7. The first-order chi connectivity index (χ1) is 12.3. The number of nitrogens with zero attached hydrogens (tertiary/aromatic N) is 1. The van der Waals surface area contributed by atoms with Crippen LogP contribution in [0.15, 0.2) is 54.9 Å². The molecule has 1 N–H and O–H groups in total. The Kier molecular flexibility index (Phi) is 4.68. The molecule has 0 aliphatic heterocycles. The molecule has 134 valence electrons. The molecule has 1 heterocycles. The van der Waals surface area contributed by atoms with E-state index >= 15 is 0 Å². The van der Waals surface area contributed by atoms with Crippen LogP contribution in [-0.2, 0) is 6.18 Å². The van der Waals surface area contributed by atoms with Crippen LogP contribution in [0.25, 0.3) is 21.9 Å². The summed E-state index contributed by atoms with van der Waals surface area (Å²) in [4.78, 5) is 16.3. The number of nitrogens with one attached hydrogen (secondary N) is 1. The van der Waals surface area contributed by atoms with E-state index in [1.54, 1.807) is 30.6 Å². The fourth-order valence-electron chi connectivity index (χ4n) is 2.73. The van der Waals surface area contributed by atoms with Gasteiger partial charge in [0.15, 0.2) is 0 Å². The summed E-state index contributed by atoms with van der Waals surface area (Å²) in [5.74, 6) is -0.179. The van der Waals surface area contributed by atoms with Gasteiger partial charge in [-0.1, -0.05) is 18.2 Å². The van der Waals surface area contributed by atoms with Gasteiger partial charge in [-0.2, -0.15) is 13.2 Å². The van der Waals surface area contributed by atoms with Gasteiger partial charge >= 0.3 is 6.18 Å². The van der Waals surface area contributed by atoms with Crippen molar-refractivity contribution in [2.75, 3.05) is 0 Å². The molecule has 0 radical (unpaired) electrons. The lowest BCUT2D eigenvalue weighted by molar-refractivity contribution is -0.137. The molecule has 0 aliphatic carbocycles. The van der Waals surface area contributed by atoms with Crippen LogP contribution in [0.5, 0.6) is 0 Å². The van der Waals surface area contributed by atoms with Crippen LogP contribution < -0.4 is 5.32 Å². The van der Waals surface area contributed by atoms with E-state index in [0.717, 1.165) is 22.9 Å². The first-order valence-electron chi connectivity index (χ1n) is 8.12. The van der Waals surface area contributed by atoms with Gasteiger partial charge in [-0.3, -0.25) is 9.78 Å². The molecule has 3 nitrogen and oxygen atoms in total. The molecule has 0 aliphatic rings. The molecule has 26 heavy (non-hydrogen) atoms. The zero-order valence-electron chi connectivity index (χ0n) is 14.3. The largest absolute Gasteiger partial charge is 0.416 e. The average molecular weight is 358 g/mol. The smallest absolute Gasteiger partial charge is 0.350 e. The third-order valence-corrected chi connectivity index (χ3v) is 3.96. The lowest BCUT2D eigenvalue weighted by Gasteiger charge is -2.11. The third-order valence-electron chi connectivity index (χ3n) is 3.96. The van der Waals surface area contributed by atoms with E-state index in [4.69, 9.17) is 0 Å². The maximum absolute atomic E-state index is 12.7. The van der Waals surface area contributed by atoms with Crippen LogP contribution in [0.3, 0.4) is 0 Å². The molecule has 3 rings (SSSR count). The van der Waals surface area contributed by atoms with Gasteiger partial charge in [-0.15, -0.1) is 0 Å². The van der Waals surface area contributed by atoms with Crippen molar-refractivity contribution in [2.24, 2.45) is 0 Å². The molecule has 0 bridgehead atoms. The van der Waals surface area contributed by atoms with Crippen LogP contribution in [0.1, 0.15) is 29.8 Å². The Morgan fingerprint density at radius 1 is 1.04 bits per heavy atom. The number of carbonyl (C=O) groups is 1. The van der Waals surface area contributed by atoms with Crippen LogP contribution in [0.2, 0.25) is 0 Å². The highest BCUT2D eigenvalue weighted by molar-refractivity contribution is 6.02. The third kappa shape index (κ3) is 3.69. The first kappa shape index (κ1) is 17.9. The van der Waals surface area contributed by atoms with Gasteiger partial charge in [0.05, 0.1) is 5.56 Å². The first-order valence-corrected chi connectivity index (χ1v) is 8.12. The number of halogens is 3. The van der Waals surface area contributed by atoms with Gasteiger partial charge in [0, 0.05) is 34.9 Å². The van der Waals surface area contributed by atoms with Crippen LogP contribution in [0.4, 0.5) is 13.2 Å². The Bertz CT molecular complexity index is 947. The SMILES string of the molecule is CC(C)NC(=O)c1ccc2c(-c3ccc(C(F)(F)F)cc3)cncc2c1. The predicted octanol–water partition coefficient (Wildman–Crippen LogP) is 5.06. The summed E-state index contributed by atoms with van der Waals surface area (Å²) in [7, 11) is 0. The minimum Gasteiger partial charge on any atom is -0.350 e. The van der Waals surface area contributed by atoms with Crippen molar-refractivity contribution in [3.8, 4) is 11.1 Å². The van der Waals surface area contributed by atoms with Gasteiger partial charge < -0.3 is 5.32 Å². The maximum Gasteiger partial charge on any atom is 0.416 e. The highest BCUT2D eigenvalue weighted by atomic mass is 19.4.